The Morgan fingerprint density at radius 1 is 1.00 bits per heavy atom. The van der Waals surface area contributed by atoms with Gasteiger partial charge >= 0.3 is 12.0 Å². The molecule has 0 saturated heterocycles. The van der Waals surface area contributed by atoms with Crippen molar-refractivity contribution in [3.05, 3.63) is 54.1 Å². The van der Waals surface area contributed by atoms with Crippen LogP contribution in [0.15, 0.2) is 48.5 Å². The van der Waals surface area contributed by atoms with E-state index in [1.54, 1.807) is 31.4 Å². The topological polar surface area (TPSA) is 95.9 Å². The van der Waals surface area contributed by atoms with Gasteiger partial charge in [-0.05, 0) is 41.8 Å². The number of carboxylic acid groups (broad SMARTS) is 1. The first-order valence-corrected chi connectivity index (χ1v) is 8.52. The predicted molar refractivity (Wildman–Crippen MR) is 101 cm³/mol. The largest absolute Gasteiger partial charge is 0.497 e. The molecule has 142 valence electrons. The van der Waals surface area contributed by atoms with Gasteiger partial charge in [0.25, 0.3) is 5.91 Å². The molecule has 2 N–H and O–H groups in total. The average Bonchev–Trinajstić information content (AvgIpc) is 2.70. The molecule has 3 amide bonds. The van der Waals surface area contributed by atoms with Gasteiger partial charge in [0.05, 0.1) is 7.11 Å². The monoisotopic (exact) mass is 370 g/mol. The van der Waals surface area contributed by atoms with Crippen molar-refractivity contribution >= 4 is 17.9 Å². The highest BCUT2D eigenvalue weighted by Gasteiger charge is 2.22. The summed E-state index contributed by atoms with van der Waals surface area (Å²) in [6, 6.07) is 13.7. The third-order valence-corrected chi connectivity index (χ3v) is 3.88. The van der Waals surface area contributed by atoms with E-state index in [-0.39, 0.29) is 6.54 Å². The number of nitrogens with zero attached hydrogens (tertiary/aromatic N) is 1. The molecule has 0 unspecified atom stereocenters. The van der Waals surface area contributed by atoms with Gasteiger partial charge in [0, 0.05) is 12.1 Å². The van der Waals surface area contributed by atoms with Crippen molar-refractivity contribution in [1.29, 1.82) is 0 Å². The number of hydrogen-bond acceptors (Lipinski definition) is 4. The van der Waals surface area contributed by atoms with Crippen molar-refractivity contribution in [1.82, 2.24) is 10.2 Å². The van der Waals surface area contributed by atoms with E-state index in [9.17, 15) is 14.4 Å². The average molecular weight is 370 g/mol. The van der Waals surface area contributed by atoms with Gasteiger partial charge in [-0.1, -0.05) is 31.2 Å². The maximum absolute atomic E-state index is 12.7. The van der Waals surface area contributed by atoms with Crippen molar-refractivity contribution < 1.29 is 24.2 Å². The second-order valence-corrected chi connectivity index (χ2v) is 5.82. The van der Waals surface area contributed by atoms with Gasteiger partial charge in [0.15, 0.2) is 0 Å². The normalized spacial score (nSPS) is 10.1. The number of nitrogens with one attached hydrogen (secondary N) is 1. The van der Waals surface area contributed by atoms with E-state index in [0.717, 1.165) is 21.8 Å². The summed E-state index contributed by atoms with van der Waals surface area (Å²) in [5.41, 5.74) is 2.25. The number of methoxy groups -OCH3 is 1. The van der Waals surface area contributed by atoms with Gasteiger partial charge in [-0.3, -0.25) is 14.5 Å². The fourth-order valence-corrected chi connectivity index (χ4v) is 2.51. The number of carboxylic acids is 1. The number of amides is 3. The van der Waals surface area contributed by atoms with Crippen LogP contribution in [0.1, 0.15) is 23.7 Å². The standard InChI is InChI=1S/C20H22N2O5/c1-3-12-22(20(26)21-13-18(23)24)19(25)16-6-4-14(5-7-16)15-8-10-17(27-2)11-9-15/h4-11H,3,12-13H2,1-2H3,(H,21,26)(H,23,24). The summed E-state index contributed by atoms with van der Waals surface area (Å²) in [5, 5.41) is 10.9. The molecule has 0 radical (unpaired) electrons. The van der Waals surface area contributed by atoms with E-state index in [1.807, 2.05) is 31.2 Å². The number of aliphatic carboxylic acids is 1. The lowest BCUT2D eigenvalue weighted by Gasteiger charge is -2.20. The van der Waals surface area contributed by atoms with Crippen LogP contribution in [-0.2, 0) is 4.79 Å². The van der Waals surface area contributed by atoms with Crippen LogP contribution in [0.4, 0.5) is 4.79 Å². The fourth-order valence-electron chi connectivity index (χ4n) is 2.51. The molecule has 0 aliphatic rings. The van der Waals surface area contributed by atoms with Gasteiger partial charge in [-0.2, -0.15) is 0 Å². The summed E-state index contributed by atoms with van der Waals surface area (Å²) >= 11 is 0. The fraction of sp³-hybridized carbons (Fsp3) is 0.250. The highest BCUT2D eigenvalue weighted by atomic mass is 16.5. The molecule has 0 atom stereocenters. The molecule has 0 spiro atoms. The van der Waals surface area contributed by atoms with Crippen molar-refractivity contribution in [2.24, 2.45) is 0 Å². The van der Waals surface area contributed by atoms with Crippen LogP contribution in [0.3, 0.4) is 0 Å². The van der Waals surface area contributed by atoms with Crippen molar-refractivity contribution in [3.63, 3.8) is 0 Å². The minimum Gasteiger partial charge on any atom is -0.497 e. The minimum absolute atomic E-state index is 0.199. The molecule has 2 aromatic carbocycles. The Morgan fingerprint density at radius 2 is 1.56 bits per heavy atom. The van der Waals surface area contributed by atoms with E-state index >= 15 is 0 Å². The molecule has 0 aromatic heterocycles. The zero-order valence-corrected chi connectivity index (χ0v) is 15.3. The third kappa shape index (κ3) is 5.31. The van der Waals surface area contributed by atoms with E-state index < -0.39 is 24.5 Å². The smallest absolute Gasteiger partial charge is 0.324 e. The first-order valence-electron chi connectivity index (χ1n) is 8.52. The second kappa shape index (κ2) is 9.38. The molecule has 7 heteroatoms. The lowest BCUT2D eigenvalue weighted by Crippen LogP contribution is -2.45. The van der Waals surface area contributed by atoms with Crippen LogP contribution in [-0.4, -0.2) is 48.1 Å². The highest BCUT2D eigenvalue weighted by molar-refractivity contribution is 6.04. The molecule has 0 saturated carbocycles. The zero-order valence-electron chi connectivity index (χ0n) is 15.3. The van der Waals surface area contributed by atoms with Gasteiger partial charge in [0.2, 0.25) is 0 Å². The number of benzene rings is 2. The van der Waals surface area contributed by atoms with E-state index in [2.05, 4.69) is 5.32 Å². The minimum atomic E-state index is -1.17. The Bertz CT molecular complexity index is 800. The molecule has 0 heterocycles. The van der Waals surface area contributed by atoms with Crippen molar-refractivity contribution in [2.75, 3.05) is 20.2 Å². The zero-order chi connectivity index (χ0) is 19.8. The number of ether oxygens (including phenoxy) is 1. The lowest BCUT2D eigenvalue weighted by molar-refractivity contribution is -0.135. The van der Waals surface area contributed by atoms with Crippen LogP contribution in [0.2, 0.25) is 0 Å². The first kappa shape index (κ1) is 20.0. The van der Waals surface area contributed by atoms with Crippen LogP contribution in [0, 0.1) is 0 Å². The molecule has 0 bridgehead atoms. The number of urea groups is 1. The number of carbonyl (C=O) groups is 3. The summed E-state index contributed by atoms with van der Waals surface area (Å²) in [5.74, 6) is -0.884. The maximum atomic E-state index is 12.7. The molecular formula is C20H22N2O5. The summed E-state index contributed by atoms with van der Waals surface area (Å²) in [6.07, 6.45) is 0.566. The van der Waals surface area contributed by atoms with E-state index in [4.69, 9.17) is 9.84 Å². The first-order chi connectivity index (χ1) is 13.0. The van der Waals surface area contributed by atoms with Crippen molar-refractivity contribution in [3.8, 4) is 16.9 Å². The van der Waals surface area contributed by atoms with Crippen LogP contribution in [0.5, 0.6) is 5.75 Å². The molecule has 0 aliphatic carbocycles. The Balaban J connectivity index is 2.15. The summed E-state index contributed by atoms with van der Waals surface area (Å²) in [7, 11) is 1.60. The number of hydrogen-bond donors (Lipinski definition) is 2. The van der Waals surface area contributed by atoms with E-state index in [1.165, 1.54) is 0 Å². The van der Waals surface area contributed by atoms with Crippen LogP contribution >= 0.6 is 0 Å². The lowest BCUT2D eigenvalue weighted by atomic mass is 10.0. The maximum Gasteiger partial charge on any atom is 0.324 e. The molecule has 7 nitrogen and oxygen atoms in total. The Morgan fingerprint density at radius 3 is 2.04 bits per heavy atom. The Hall–Kier alpha value is -3.35. The Kier molecular flexibility index (Phi) is 6.93. The molecule has 0 fully saturated rings. The second-order valence-electron chi connectivity index (χ2n) is 5.82. The van der Waals surface area contributed by atoms with Crippen LogP contribution < -0.4 is 10.1 Å². The van der Waals surface area contributed by atoms with Gasteiger partial charge in [-0.15, -0.1) is 0 Å². The quantitative estimate of drug-likeness (QED) is 0.781. The number of carbonyl (C=O) groups excluding carboxylic acids is 2. The van der Waals surface area contributed by atoms with Gasteiger partial charge in [-0.25, -0.2) is 4.79 Å². The third-order valence-electron chi connectivity index (χ3n) is 3.88. The molecule has 2 rings (SSSR count). The van der Waals surface area contributed by atoms with Gasteiger partial charge < -0.3 is 15.2 Å². The predicted octanol–water partition coefficient (Wildman–Crippen LogP) is 3.01. The highest BCUT2D eigenvalue weighted by Crippen LogP contribution is 2.23. The molecule has 27 heavy (non-hydrogen) atoms. The summed E-state index contributed by atoms with van der Waals surface area (Å²) in [6.45, 7) is 1.49. The Labute approximate surface area is 157 Å². The molecule has 0 aliphatic heterocycles. The number of rotatable bonds is 7. The van der Waals surface area contributed by atoms with Crippen molar-refractivity contribution in [2.45, 2.75) is 13.3 Å². The molecule has 2 aromatic rings. The van der Waals surface area contributed by atoms with Crippen LogP contribution in [0.25, 0.3) is 11.1 Å². The number of imide groups is 1. The molecular weight excluding hydrogens is 348 g/mol. The van der Waals surface area contributed by atoms with Gasteiger partial charge in [0.1, 0.15) is 12.3 Å². The summed E-state index contributed by atoms with van der Waals surface area (Å²) < 4.78 is 5.14. The SMILES string of the molecule is CCCN(C(=O)NCC(=O)O)C(=O)c1ccc(-c2ccc(OC)cc2)cc1. The van der Waals surface area contributed by atoms with E-state index in [0.29, 0.717) is 12.0 Å². The summed E-state index contributed by atoms with van der Waals surface area (Å²) in [4.78, 5) is 36.4.